The molecule has 1 aromatic heterocycles. The molecule has 0 bridgehead atoms. The quantitative estimate of drug-likeness (QED) is 0.830. The Morgan fingerprint density at radius 1 is 1.56 bits per heavy atom. The molecule has 0 aliphatic carbocycles. The van der Waals surface area contributed by atoms with Gasteiger partial charge in [-0.1, -0.05) is 6.07 Å². The molecular formula is C11H16N2O2S. The lowest BCUT2D eigenvalue weighted by Gasteiger charge is -2.24. The van der Waals surface area contributed by atoms with Gasteiger partial charge in [0.25, 0.3) is 0 Å². The van der Waals surface area contributed by atoms with E-state index in [4.69, 9.17) is 10.5 Å². The summed E-state index contributed by atoms with van der Waals surface area (Å²) in [5, 5.41) is 4.90. The monoisotopic (exact) mass is 240 g/mol. The first-order valence-corrected chi connectivity index (χ1v) is 6.32. The molecule has 0 saturated carbocycles. The SMILES string of the molecule is NC(C(=O)NC1CCOCC1)c1cccs1. The molecule has 1 saturated heterocycles. The molecule has 0 radical (unpaired) electrons. The van der Waals surface area contributed by atoms with Gasteiger partial charge < -0.3 is 15.8 Å². The Bertz CT molecular complexity index is 334. The second kappa shape index (κ2) is 5.43. The molecule has 2 rings (SSSR count). The van der Waals surface area contributed by atoms with E-state index in [-0.39, 0.29) is 11.9 Å². The van der Waals surface area contributed by atoms with Crippen molar-refractivity contribution in [3.63, 3.8) is 0 Å². The predicted molar refractivity (Wildman–Crippen MR) is 63.2 cm³/mol. The fourth-order valence-corrected chi connectivity index (χ4v) is 2.46. The first-order valence-electron chi connectivity index (χ1n) is 5.44. The van der Waals surface area contributed by atoms with Gasteiger partial charge in [0.2, 0.25) is 5.91 Å². The summed E-state index contributed by atoms with van der Waals surface area (Å²) in [6.45, 7) is 1.44. The molecule has 1 aromatic rings. The molecule has 1 atom stereocenters. The van der Waals surface area contributed by atoms with Crippen molar-refractivity contribution < 1.29 is 9.53 Å². The highest BCUT2D eigenvalue weighted by Gasteiger charge is 2.21. The zero-order valence-electron chi connectivity index (χ0n) is 9.02. The standard InChI is InChI=1S/C11H16N2O2S/c12-10(9-2-1-7-16-9)11(14)13-8-3-5-15-6-4-8/h1-2,7-8,10H,3-6,12H2,(H,13,14). The molecule has 3 N–H and O–H groups in total. The molecule has 1 unspecified atom stereocenters. The van der Waals surface area contributed by atoms with Crippen LogP contribution in [-0.2, 0) is 9.53 Å². The van der Waals surface area contributed by atoms with Crippen LogP contribution in [-0.4, -0.2) is 25.2 Å². The third-order valence-corrected chi connectivity index (χ3v) is 3.66. The summed E-state index contributed by atoms with van der Waals surface area (Å²) >= 11 is 1.51. The van der Waals surface area contributed by atoms with Crippen LogP contribution >= 0.6 is 11.3 Å². The van der Waals surface area contributed by atoms with Gasteiger partial charge in [-0.05, 0) is 24.3 Å². The average Bonchev–Trinajstić information content (AvgIpc) is 2.83. The number of thiophene rings is 1. The van der Waals surface area contributed by atoms with Crippen molar-refractivity contribution in [3.05, 3.63) is 22.4 Å². The van der Waals surface area contributed by atoms with Crippen molar-refractivity contribution >= 4 is 17.2 Å². The van der Waals surface area contributed by atoms with Gasteiger partial charge in [-0.3, -0.25) is 4.79 Å². The molecule has 2 heterocycles. The predicted octanol–water partition coefficient (Wildman–Crippen LogP) is 1.04. The maximum Gasteiger partial charge on any atom is 0.242 e. The lowest BCUT2D eigenvalue weighted by molar-refractivity contribution is -0.123. The van der Waals surface area contributed by atoms with Crippen LogP contribution in [0.4, 0.5) is 0 Å². The van der Waals surface area contributed by atoms with E-state index in [1.807, 2.05) is 17.5 Å². The third kappa shape index (κ3) is 2.81. The van der Waals surface area contributed by atoms with E-state index in [2.05, 4.69) is 5.32 Å². The third-order valence-electron chi connectivity index (χ3n) is 2.70. The van der Waals surface area contributed by atoms with E-state index in [0.29, 0.717) is 0 Å². The van der Waals surface area contributed by atoms with Crippen LogP contribution in [0, 0.1) is 0 Å². The van der Waals surface area contributed by atoms with Crippen LogP contribution in [0.5, 0.6) is 0 Å². The molecule has 16 heavy (non-hydrogen) atoms. The average molecular weight is 240 g/mol. The van der Waals surface area contributed by atoms with E-state index in [1.165, 1.54) is 11.3 Å². The van der Waals surface area contributed by atoms with E-state index in [9.17, 15) is 4.79 Å². The number of ether oxygens (including phenoxy) is 1. The number of hydrogen-bond donors (Lipinski definition) is 2. The summed E-state index contributed by atoms with van der Waals surface area (Å²) in [4.78, 5) is 12.7. The van der Waals surface area contributed by atoms with Crippen molar-refractivity contribution in [2.45, 2.75) is 24.9 Å². The highest BCUT2D eigenvalue weighted by Crippen LogP contribution is 2.17. The lowest BCUT2D eigenvalue weighted by atomic mass is 10.1. The number of hydrogen-bond acceptors (Lipinski definition) is 4. The van der Waals surface area contributed by atoms with Gasteiger partial charge in [0.05, 0.1) is 0 Å². The number of rotatable bonds is 3. The Kier molecular flexibility index (Phi) is 3.93. The van der Waals surface area contributed by atoms with Crippen LogP contribution in [0.2, 0.25) is 0 Å². The maximum atomic E-state index is 11.8. The molecular weight excluding hydrogens is 224 g/mol. The second-order valence-electron chi connectivity index (χ2n) is 3.89. The van der Waals surface area contributed by atoms with Gasteiger partial charge in [0.1, 0.15) is 6.04 Å². The molecule has 1 aliphatic rings. The summed E-state index contributed by atoms with van der Waals surface area (Å²) < 4.78 is 5.23. The topological polar surface area (TPSA) is 64.4 Å². The summed E-state index contributed by atoms with van der Waals surface area (Å²) in [5.41, 5.74) is 5.87. The number of amides is 1. The molecule has 88 valence electrons. The van der Waals surface area contributed by atoms with Gasteiger partial charge in [-0.2, -0.15) is 0 Å². The summed E-state index contributed by atoms with van der Waals surface area (Å²) in [6.07, 6.45) is 1.76. The van der Waals surface area contributed by atoms with Gasteiger partial charge in [0, 0.05) is 24.1 Å². The minimum atomic E-state index is -0.539. The highest BCUT2D eigenvalue weighted by molar-refractivity contribution is 7.10. The Morgan fingerprint density at radius 3 is 2.94 bits per heavy atom. The Balaban J connectivity index is 1.87. The fraction of sp³-hybridized carbons (Fsp3) is 0.545. The van der Waals surface area contributed by atoms with Crippen LogP contribution in [0.3, 0.4) is 0 Å². The Labute approximate surface area is 98.8 Å². The van der Waals surface area contributed by atoms with Crippen LogP contribution < -0.4 is 11.1 Å². The van der Waals surface area contributed by atoms with Gasteiger partial charge >= 0.3 is 0 Å². The first-order chi connectivity index (χ1) is 7.77. The smallest absolute Gasteiger partial charge is 0.242 e. The van der Waals surface area contributed by atoms with Gasteiger partial charge in [-0.25, -0.2) is 0 Å². The Hall–Kier alpha value is -0.910. The number of nitrogens with one attached hydrogen (secondary N) is 1. The number of carbonyl (C=O) groups excluding carboxylic acids is 1. The van der Waals surface area contributed by atoms with E-state index in [0.717, 1.165) is 30.9 Å². The van der Waals surface area contributed by atoms with E-state index < -0.39 is 6.04 Å². The minimum Gasteiger partial charge on any atom is -0.381 e. The minimum absolute atomic E-state index is 0.0886. The molecule has 4 nitrogen and oxygen atoms in total. The van der Waals surface area contributed by atoms with Crippen molar-refractivity contribution in [1.82, 2.24) is 5.32 Å². The van der Waals surface area contributed by atoms with Crippen molar-refractivity contribution in [3.8, 4) is 0 Å². The van der Waals surface area contributed by atoms with Crippen molar-refractivity contribution in [2.75, 3.05) is 13.2 Å². The second-order valence-corrected chi connectivity index (χ2v) is 4.87. The fourth-order valence-electron chi connectivity index (χ4n) is 1.73. The summed E-state index contributed by atoms with van der Waals surface area (Å²) in [7, 11) is 0. The molecule has 5 heteroatoms. The molecule has 0 aromatic carbocycles. The van der Waals surface area contributed by atoms with Crippen molar-refractivity contribution in [2.24, 2.45) is 5.73 Å². The van der Waals surface area contributed by atoms with Crippen molar-refractivity contribution in [1.29, 1.82) is 0 Å². The zero-order chi connectivity index (χ0) is 11.4. The van der Waals surface area contributed by atoms with Gasteiger partial charge in [-0.15, -0.1) is 11.3 Å². The summed E-state index contributed by atoms with van der Waals surface area (Å²) in [6, 6.07) is 3.47. The van der Waals surface area contributed by atoms with Gasteiger partial charge in [0.15, 0.2) is 0 Å². The molecule has 1 fully saturated rings. The molecule has 0 spiro atoms. The highest BCUT2D eigenvalue weighted by atomic mass is 32.1. The maximum absolute atomic E-state index is 11.8. The van der Waals surface area contributed by atoms with Crippen LogP contribution in [0.1, 0.15) is 23.8 Å². The summed E-state index contributed by atoms with van der Waals surface area (Å²) in [5.74, 6) is -0.0886. The van der Waals surface area contributed by atoms with E-state index in [1.54, 1.807) is 0 Å². The number of nitrogens with two attached hydrogens (primary N) is 1. The normalized spacial score (nSPS) is 19.3. The van der Waals surface area contributed by atoms with Crippen LogP contribution in [0.25, 0.3) is 0 Å². The number of carbonyl (C=O) groups is 1. The molecule has 1 amide bonds. The van der Waals surface area contributed by atoms with E-state index >= 15 is 0 Å². The lowest BCUT2D eigenvalue weighted by Crippen LogP contribution is -2.43. The molecule has 1 aliphatic heterocycles. The van der Waals surface area contributed by atoms with Crippen LogP contribution in [0.15, 0.2) is 17.5 Å². The zero-order valence-corrected chi connectivity index (χ0v) is 9.83. The largest absolute Gasteiger partial charge is 0.381 e. The Morgan fingerprint density at radius 2 is 2.31 bits per heavy atom. The first kappa shape index (κ1) is 11.6.